The molecular weight excluding hydrogens is 302 g/mol. The molecule has 0 bridgehead atoms. The zero-order valence-electron chi connectivity index (χ0n) is 14.0. The number of aliphatic hydroxyl groups is 1. The van der Waals surface area contributed by atoms with Crippen molar-refractivity contribution >= 4 is 12.0 Å². The van der Waals surface area contributed by atoms with Gasteiger partial charge in [-0.2, -0.15) is 0 Å². The molecule has 1 unspecified atom stereocenters. The molecule has 0 saturated carbocycles. The standard InChI is InChI=1S/C20H23NO3/c1-15(2)24-18-11-8-16(9-12-18)10-13-20(23)21-19(14-22)17-6-4-3-5-7-17/h3-13,15,19,22H,14H2,1-2H3,(H,21,23)/b13-10+. The number of rotatable bonds is 7. The largest absolute Gasteiger partial charge is 0.491 e. The Morgan fingerprint density at radius 1 is 1.12 bits per heavy atom. The van der Waals surface area contributed by atoms with Crippen LogP contribution in [0.2, 0.25) is 0 Å². The highest BCUT2D eigenvalue weighted by molar-refractivity contribution is 5.92. The van der Waals surface area contributed by atoms with E-state index in [1.54, 1.807) is 6.08 Å². The van der Waals surface area contributed by atoms with E-state index < -0.39 is 6.04 Å². The smallest absolute Gasteiger partial charge is 0.244 e. The summed E-state index contributed by atoms with van der Waals surface area (Å²) in [6.45, 7) is 3.80. The number of carbonyl (C=O) groups excluding carboxylic acids is 1. The van der Waals surface area contributed by atoms with Crippen molar-refractivity contribution in [3.63, 3.8) is 0 Å². The topological polar surface area (TPSA) is 58.6 Å². The molecule has 0 aliphatic carbocycles. The van der Waals surface area contributed by atoms with Gasteiger partial charge >= 0.3 is 0 Å². The third-order valence-electron chi connectivity index (χ3n) is 3.38. The van der Waals surface area contributed by atoms with Crippen LogP contribution in [0.1, 0.15) is 31.0 Å². The Hall–Kier alpha value is -2.59. The average Bonchev–Trinajstić information content (AvgIpc) is 2.59. The molecule has 2 N–H and O–H groups in total. The fourth-order valence-electron chi connectivity index (χ4n) is 2.24. The van der Waals surface area contributed by atoms with Crippen LogP contribution in [0.5, 0.6) is 5.75 Å². The lowest BCUT2D eigenvalue weighted by Gasteiger charge is -2.15. The molecule has 2 aromatic rings. The number of nitrogens with one attached hydrogen (secondary N) is 1. The Kier molecular flexibility index (Phi) is 6.58. The number of benzene rings is 2. The van der Waals surface area contributed by atoms with Crippen LogP contribution in [0, 0.1) is 0 Å². The summed E-state index contributed by atoms with van der Waals surface area (Å²) in [5, 5.41) is 12.3. The second kappa shape index (κ2) is 8.89. The fourth-order valence-corrected chi connectivity index (χ4v) is 2.24. The Bertz CT molecular complexity index is 663. The molecule has 126 valence electrons. The van der Waals surface area contributed by atoms with Gasteiger partial charge in [0.25, 0.3) is 0 Å². The van der Waals surface area contributed by atoms with Crippen LogP contribution in [-0.2, 0) is 4.79 Å². The molecule has 0 aliphatic rings. The minimum absolute atomic E-state index is 0.130. The van der Waals surface area contributed by atoms with Crippen LogP contribution in [-0.4, -0.2) is 23.7 Å². The normalized spacial score (nSPS) is 12.3. The molecule has 0 saturated heterocycles. The van der Waals surface area contributed by atoms with Crippen molar-refractivity contribution in [3.05, 3.63) is 71.8 Å². The summed E-state index contributed by atoms with van der Waals surface area (Å²) < 4.78 is 5.58. The van der Waals surface area contributed by atoms with Crippen LogP contribution in [0.25, 0.3) is 6.08 Å². The molecule has 4 nitrogen and oxygen atoms in total. The van der Waals surface area contributed by atoms with Gasteiger partial charge in [-0.25, -0.2) is 0 Å². The Labute approximate surface area is 142 Å². The van der Waals surface area contributed by atoms with Crippen molar-refractivity contribution in [2.45, 2.75) is 26.0 Å². The molecule has 1 atom stereocenters. The molecule has 0 radical (unpaired) electrons. The highest BCUT2D eigenvalue weighted by Gasteiger charge is 2.11. The molecule has 2 aromatic carbocycles. The van der Waals surface area contributed by atoms with Crippen molar-refractivity contribution in [3.8, 4) is 5.75 Å². The number of hydrogen-bond donors (Lipinski definition) is 2. The van der Waals surface area contributed by atoms with Gasteiger partial charge in [-0.05, 0) is 43.2 Å². The lowest BCUT2D eigenvalue weighted by atomic mass is 10.1. The second-order valence-corrected chi connectivity index (χ2v) is 5.72. The minimum Gasteiger partial charge on any atom is -0.491 e. The number of ether oxygens (including phenoxy) is 1. The van der Waals surface area contributed by atoms with Gasteiger partial charge in [-0.15, -0.1) is 0 Å². The third kappa shape index (κ3) is 5.56. The quantitative estimate of drug-likeness (QED) is 0.768. The molecule has 0 aliphatic heterocycles. The van der Waals surface area contributed by atoms with E-state index in [0.717, 1.165) is 16.9 Å². The van der Waals surface area contributed by atoms with E-state index in [-0.39, 0.29) is 18.6 Å². The van der Waals surface area contributed by atoms with Crippen LogP contribution in [0.4, 0.5) is 0 Å². The molecule has 24 heavy (non-hydrogen) atoms. The Balaban J connectivity index is 1.94. The van der Waals surface area contributed by atoms with E-state index in [2.05, 4.69) is 5.32 Å². The van der Waals surface area contributed by atoms with Crippen molar-refractivity contribution in [2.24, 2.45) is 0 Å². The summed E-state index contributed by atoms with van der Waals surface area (Å²) >= 11 is 0. The van der Waals surface area contributed by atoms with Gasteiger partial charge in [0.2, 0.25) is 5.91 Å². The van der Waals surface area contributed by atoms with E-state index in [1.807, 2.05) is 68.4 Å². The number of hydrogen-bond acceptors (Lipinski definition) is 3. The van der Waals surface area contributed by atoms with Gasteiger partial charge < -0.3 is 15.2 Å². The summed E-state index contributed by atoms with van der Waals surface area (Å²) in [4.78, 5) is 12.0. The molecule has 0 aromatic heterocycles. The fraction of sp³-hybridized carbons (Fsp3) is 0.250. The van der Waals surface area contributed by atoms with Crippen molar-refractivity contribution in [1.82, 2.24) is 5.32 Å². The van der Waals surface area contributed by atoms with Crippen LogP contribution in [0.15, 0.2) is 60.7 Å². The molecule has 0 fully saturated rings. The van der Waals surface area contributed by atoms with Gasteiger partial charge in [-0.3, -0.25) is 4.79 Å². The third-order valence-corrected chi connectivity index (χ3v) is 3.38. The van der Waals surface area contributed by atoms with Crippen molar-refractivity contribution in [1.29, 1.82) is 0 Å². The summed E-state index contributed by atoms with van der Waals surface area (Å²) in [7, 11) is 0. The van der Waals surface area contributed by atoms with E-state index in [1.165, 1.54) is 6.08 Å². The second-order valence-electron chi connectivity index (χ2n) is 5.72. The maximum Gasteiger partial charge on any atom is 0.244 e. The van der Waals surface area contributed by atoms with E-state index in [0.29, 0.717) is 0 Å². The molecule has 4 heteroatoms. The van der Waals surface area contributed by atoms with Gasteiger partial charge in [0.1, 0.15) is 5.75 Å². The first-order valence-corrected chi connectivity index (χ1v) is 7.99. The summed E-state index contributed by atoms with van der Waals surface area (Å²) in [5.74, 6) is 0.552. The first-order chi connectivity index (χ1) is 11.6. The minimum atomic E-state index is -0.412. The summed E-state index contributed by atoms with van der Waals surface area (Å²) in [6.07, 6.45) is 3.32. The Morgan fingerprint density at radius 2 is 1.79 bits per heavy atom. The van der Waals surface area contributed by atoms with Crippen LogP contribution in [0.3, 0.4) is 0 Å². The SMILES string of the molecule is CC(C)Oc1ccc(/C=C/C(=O)NC(CO)c2ccccc2)cc1. The number of aliphatic hydroxyl groups excluding tert-OH is 1. The van der Waals surface area contributed by atoms with Crippen LogP contribution >= 0.6 is 0 Å². The first-order valence-electron chi connectivity index (χ1n) is 7.99. The summed E-state index contributed by atoms with van der Waals surface area (Å²) in [6, 6.07) is 16.5. The zero-order valence-corrected chi connectivity index (χ0v) is 14.0. The molecule has 0 heterocycles. The van der Waals surface area contributed by atoms with E-state index in [9.17, 15) is 9.90 Å². The maximum absolute atomic E-state index is 12.0. The lowest BCUT2D eigenvalue weighted by molar-refractivity contribution is -0.117. The highest BCUT2D eigenvalue weighted by Crippen LogP contribution is 2.15. The molecule has 2 rings (SSSR count). The molecule has 0 spiro atoms. The number of amides is 1. The molecule has 1 amide bonds. The van der Waals surface area contributed by atoms with Crippen molar-refractivity contribution in [2.75, 3.05) is 6.61 Å². The maximum atomic E-state index is 12.0. The molecular formula is C20H23NO3. The van der Waals surface area contributed by atoms with Crippen molar-refractivity contribution < 1.29 is 14.6 Å². The Morgan fingerprint density at radius 3 is 2.38 bits per heavy atom. The zero-order chi connectivity index (χ0) is 17.4. The van der Waals surface area contributed by atoms with Gasteiger partial charge in [0.05, 0.1) is 18.8 Å². The summed E-state index contributed by atoms with van der Waals surface area (Å²) in [5.41, 5.74) is 1.78. The lowest BCUT2D eigenvalue weighted by Crippen LogP contribution is -2.29. The van der Waals surface area contributed by atoms with Crippen LogP contribution < -0.4 is 10.1 Å². The number of carbonyl (C=O) groups is 1. The van der Waals surface area contributed by atoms with E-state index in [4.69, 9.17) is 4.74 Å². The van der Waals surface area contributed by atoms with Gasteiger partial charge in [-0.1, -0.05) is 42.5 Å². The highest BCUT2D eigenvalue weighted by atomic mass is 16.5. The monoisotopic (exact) mass is 325 g/mol. The predicted octanol–water partition coefficient (Wildman–Crippen LogP) is 3.34. The van der Waals surface area contributed by atoms with Gasteiger partial charge in [0.15, 0.2) is 0 Å². The van der Waals surface area contributed by atoms with Gasteiger partial charge in [0, 0.05) is 6.08 Å². The average molecular weight is 325 g/mol. The predicted molar refractivity (Wildman–Crippen MR) is 95.7 cm³/mol. The van der Waals surface area contributed by atoms with E-state index >= 15 is 0 Å². The first kappa shape index (κ1) is 17.8.